The van der Waals surface area contributed by atoms with Crippen LogP contribution in [0.1, 0.15) is 0 Å². The van der Waals surface area contributed by atoms with E-state index >= 15 is 0 Å². The van der Waals surface area contributed by atoms with E-state index in [2.05, 4.69) is 0 Å². The molecule has 0 aliphatic carbocycles. The second-order valence-corrected chi connectivity index (χ2v) is 3.53. The van der Waals surface area contributed by atoms with Gasteiger partial charge in [0.25, 0.3) is 0 Å². The van der Waals surface area contributed by atoms with Crippen molar-refractivity contribution in [1.29, 1.82) is 0 Å². The average molecular weight is 230 g/mol. The van der Waals surface area contributed by atoms with Gasteiger partial charge in [0.05, 0.1) is 18.1 Å². The Morgan fingerprint density at radius 3 is 2.87 bits per heavy atom. The van der Waals surface area contributed by atoms with Crippen molar-refractivity contribution < 1.29 is 13.9 Å². The van der Waals surface area contributed by atoms with Crippen LogP contribution in [0.4, 0.5) is 14.9 Å². The molecule has 80 valence electrons. The minimum atomic E-state index is -0.550. The van der Waals surface area contributed by atoms with Crippen molar-refractivity contribution in [2.45, 2.75) is 6.10 Å². The molecule has 1 aromatic rings. The van der Waals surface area contributed by atoms with E-state index in [9.17, 15) is 9.18 Å². The largest absolute Gasteiger partial charge is 0.443 e. The summed E-state index contributed by atoms with van der Waals surface area (Å²) in [5, 5.41) is 0. The third kappa shape index (κ3) is 1.90. The lowest BCUT2D eigenvalue weighted by Gasteiger charge is -2.12. The van der Waals surface area contributed by atoms with Crippen molar-refractivity contribution >= 4 is 23.4 Å². The van der Waals surface area contributed by atoms with Crippen LogP contribution in [0.15, 0.2) is 24.3 Å². The van der Waals surface area contributed by atoms with Gasteiger partial charge in [-0.15, -0.1) is 11.6 Å². The molecule has 1 aliphatic heterocycles. The maximum absolute atomic E-state index is 13.4. The highest BCUT2D eigenvalue weighted by Gasteiger charge is 2.32. The SMILES string of the molecule is O=C1OC(CCl)CN1c1ccccc1F. The van der Waals surface area contributed by atoms with E-state index in [1.807, 2.05) is 0 Å². The second-order valence-electron chi connectivity index (χ2n) is 3.22. The first-order valence-corrected chi connectivity index (χ1v) is 5.04. The van der Waals surface area contributed by atoms with E-state index < -0.39 is 11.9 Å². The van der Waals surface area contributed by atoms with Gasteiger partial charge in [-0.2, -0.15) is 0 Å². The predicted molar refractivity (Wildman–Crippen MR) is 54.7 cm³/mol. The van der Waals surface area contributed by atoms with E-state index in [0.717, 1.165) is 0 Å². The molecular weight excluding hydrogens is 221 g/mol. The van der Waals surface area contributed by atoms with Crippen LogP contribution in [-0.4, -0.2) is 24.6 Å². The topological polar surface area (TPSA) is 29.5 Å². The minimum Gasteiger partial charge on any atom is -0.443 e. The maximum Gasteiger partial charge on any atom is 0.414 e. The van der Waals surface area contributed by atoms with Crippen LogP contribution in [-0.2, 0) is 4.74 Å². The normalized spacial score (nSPS) is 20.5. The van der Waals surface area contributed by atoms with Crippen LogP contribution >= 0.6 is 11.6 Å². The zero-order valence-corrected chi connectivity index (χ0v) is 8.58. The number of cyclic esters (lactones) is 1. The number of carbonyl (C=O) groups excluding carboxylic acids is 1. The number of anilines is 1. The van der Waals surface area contributed by atoms with Gasteiger partial charge in [-0.1, -0.05) is 12.1 Å². The van der Waals surface area contributed by atoms with Gasteiger partial charge in [0.1, 0.15) is 11.9 Å². The third-order valence-corrected chi connectivity index (χ3v) is 2.53. The zero-order valence-electron chi connectivity index (χ0n) is 7.82. The molecule has 0 aromatic heterocycles. The maximum atomic E-state index is 13.4. The number of carbonyl (C=O) groups is 1. The molecule has 2 rings (SSSR count). The lowest BCUT2D eigenvalue weighted by molar-refractivity contribution is 0.151. The number of halogens is 2. The van der Waals surface area contributed by atoms with Crippen LogP contribution in [0.5, 0.6) is 0 Å². The quantitative estimate of drug-likeness (QED) is 0.729. The van der Waals surface area contributed by atoms with Crippen molar-refractivity contribution in [2.24, 2.45) is 0 Å². The van der Waals surface area contributed by atoms with E-state index in [0.29, 0.717) is 6.54 Å². The Morgan fingerprint density at radius 2 is 2.27 bits per heavy atom. The van der Waals surface area contributed by atoms with Crippen LogP contribution < -0.4 is 4.90 Å². The number of benzene rings is 1. The van der Waals surface area contributed by atoms with Crippen molar-refractivity contribution in [2.75, 3.05) is 17.3 Å². The summed E-state index contributed by atoms with van der Waals surface area (Å²) in [7, 11) is 0. The average Bonchev–Trinajstić information content (AvgIpc) is 2.60. The Bertz CT molecular complexity index is 385. The summed E-state index contributed by atoms with van der Waals surface area (Å²) in [6, 6.07) is 6.07. The van der Waals surface area contributed by atoms with E-state index in [1.54, 1.807) is 12.1 Å². The van der Waals surface area contributed by atoms with Crippen molar-refractivity contribution in [3.63, 3.8) is 0 Å². The molecular formula is C10H9ClFNO2. The van der Waals surface area contributed by atoms with Crippen LogP contribution in [0, 0.1) is 5.82 Å². The van der Waals surface area contributed by atoms with Crippen LogP contribution in [0.3, 0.4) is 0 Å². The van der Waals surface area contributed by atoms with Gasteiger partial charge in [0.2, 0.25) is 0 Å². The summed E-state index contributed by atoms with van der Waals surface area (Å²) in [4.78, 5) is 12.6. The molecule has 1 unspecified atom stereocenters. The van der Waals surface area contributed by atoms with Crippen molar-refractivity contribution in [1.82, 2.24) is 0 Å². The molecule has 0 radical (unpaired) electrons. The lowest BCUT2D eigenvalue weighted by Crippen LogP contribution is -2.25. The fraction of sp³-hybridized carbons (Fsp3) is 0.300. The Morgan fingerprint density at radius 1 is 1.53 bits per heavy atom. The van der Waals surface area contributed by atoms with Gasteiger partial charge < -0.3 is 4.74 Å². The Labute approximate surface area is 91.4 Å². The fourth-order valence-electron chi connectivity index (χ4n) is 1.47. The van der Waals surface area contributed by atoms with Crippen LogP contribution in [0.2, 0.25) is 0 Å². The van der Waals surface area contributed by atoms with E-state index in [1.165, 1.54) is 17.0 Å². The van der Waals surface area contributed by atoms with Crippen molar-refractivity contribution in [3.05, 3.63) is 30.1 Å². The fourth-order valence-corrected chi connectivity index (χ4v) is 1.63. The van der Waals surface area contributed by atoms with E-state index in [-0.39, 0.29) is 17.7 Å². The molecule has 5 heteroatoms. The number of nitrogens with zero attached hydrogens (tertiary/aromatic N) is 1. The molecule has 1 saturated heterocycles. The highest BCUT2D eigenvalue weighted by Crippen LogP contribution is 2.24. The number of alkyl halides is 1. The molecule has 3 nitrogen and oxygen atoms in total. The molecule has 1 amide bonds. The van der Waals surface area contributed by atoms with Crippen molar-refractivity contribution in [3.8, 4) is 0 Å². The number of hydrogen-bond donors (Lipinski definition) is 0. The number of rotatable bonds is 2. The minimum absolute atomic E-state index is 0.219. The number of ether oxygens (including phenoxy) is 1. The first-order chi connectivity index (χ1) is 7.22. The Kier molecular flexibility index (Phi) is 2.77. The number of amides is 1. The summed E-state index contributed by atoms with van der Waals surface area (Å²) < 4.78 is 18.3. The summed E-state index contributed by atoms with van der Waals surface area (Å²) in [5.74, 6) is -0.221. The predicted octanol–water partition coefficient (Wildman–Crippen LogP) is 2.39. The van der Waals surface area contributed by atoms with Gasteiger partial charge in [-0.05, 0) is 12.1 Å². The first-order valence-electron chi connectivity index (χ1n) is 4.51. The summed E-state index contributed by atoms with van der Waals surface area (Å²) in [5.41, 5.74) is 0.232. The monoisotopic (exact) mass is 229 g/mol. The van der Waals surface area contributed by atoms with Gasteiger partial charge >= 0.3 is 6.09 Å². The highest BCUT2D eigenvalue weighted by atomic mass is 35.5. The molecule has 0 N–H and O–H groups in total. The summed E-state index contributed by atoms with van der Waals surface area (Å²) in [6.45, 7) is 0.295. The Hall–Kier alpha value is -1.29. The third-order valence-electron chi connectivity index (χ3n) is 2.19. The van der Waals surface area contributed by atoms with Gasteiger partial charge in [-0.3, -0.25) is 4.90 Å². The second kappa shape index (κ2) is 4.06. The molecule has 1 heterocycles. The number of hydrogen-bond acceptors (Lipinski definition) is 2. The zero-order chi connectivity index (χ0) is 10.8. The summed E-state index contributed by atoms with van der Waals surface area (Å²) in [6.07, 6.45) is -0.912. The molecule has 0 bridgehead atoms. The smallest absolute Gasteiger partial charge is 0.414 e. The Balaban J connectivity index is 2.25. The summed E-state index contributed by atoms with van der Waals surface area (Å²) >= 11 is 5.57. The van der Waals surface area contributed by atoms with Crippen LogP contribution in [0.25, 0.3) is 0 Å². The van der Waals surface area contributed by atoms with Gasteiger partial charge in [0, 0.05) is 0 Å². The molecule has 1 atom stereocenters. The highest BCUT2D eigenvalue weighted by molar-refractivity contribution is 6.18. The first kappa shape index (κ1) is 10.2. The molecule has 1 aromatic carbocycles. The van der Waals surface area contributed by atoms with Gasteiger partial charge in [0.15, 0.2) is 0 Å². The molecule has 15 heavy (non-hydrogen) atoms. The standard InChI is InChI=1S/C10H9ClFNO2/c11-5-7-6-13(10(14)15-7)9-4-2-1-3-8(9)12/h1-4,7H,5-6H2. The van der Waals surface area contributed by atoms with E-state index in [4.69, 9.17) is 16.3 Å². The molecule has 0 spiro atoms. The van der Waals surface area contributed by atoms with Gasteiger partial charge in [-0.25, -0.2) is 9.18 Å². The lowest BCUT2D eigenvalue weighted by atomic mass is 10.2. The number of para-hydroxylation sites is 1. The molecule has 1 aliphatic rings. The molecule has 1 fully saturated rings. The molecule has 0 saturated carbocycles.